The number of hydrogen-bond donors (Lipinski definition) is 2. The van der Waals surface area contributed by atoms with Crippen molar-refractivity contribution in [3.05, 3.63) is 11.9 Å². The Morgan fingerprint density at radius 3 is 2.67 bits per heavy atom. The van der Waals surface area contributed by atoms with Crippen molar-refractivity contribution in [2.75, 3.05) is 11.1 Å². The van der Waals surface area contributed by atoms with Gasteiger partial charge in [0.15, 0.2) is 0 Å². The van der Waals surface area contributed by atoms with Crippen molar-refractivity contribution in [2.45, 2.75) is 65.3 Å². The fourth-order valence-corrected chi connectivity index (χ4v) is 2.05. The number of nitrogens with one attached hydrogen (secondary N) is 1. The van der Waals surface area contributed by atoms with E-state index in [-0.39, 0.29) is 0 Å². The maximum Gasteiger partial charge on any atom is 0.134 e. The Balaban J connectivity index is 2.62. The monoisotopic (exact) mass is 250 g/mol. The standard InChI is InChI=1S/C14H26N4/c1-4-6-7-9-11(3)18-14-12(8-5-2)13(15)16-10-17-14/h10-11H,4-9H2,1-3H3,(H3,15,16,17,18). The van der Waals surface area contributed by atoms with Crippen molar-refractivity contribution in [3.8, 4) is 0 Å². The molecule has 1 rings (SSSR count). The third kappa shape index (κ3) is 4.51. The third-order valence-electron chi connectivity index (χ3n) is 3.10. The first-order valence-electron chi connectivity index (χ1n) is 7.04. The van der Waals surface area contributed by atoms with Gasteiger partial charge in [-0.25, -0.2) is 9.97 Å². The van der Waals surface area contributed by atoms with Crippen LogP contribution in [0.1, 0.15) is 58.4 Å². The molecule has 0 amide bonds. The number of nitrogen functional groups attached to an aromatic ring is 1. The van der Waals surface area contributed by atoms with E-state index < -0.39 is 0 Å². The maximum atomic E-state index is 5.91. The Labute approximate surface area is 110 Å². The zero-order valence-electron chi connectivity index (χ0n) is 11.9. The third-order valence-corrected chi connectivity index (χ3v) is 3.10. The summed E-state index contributed by atoms with van der Waals surface area (Å²) in [5.41, 5.74) is 6.97. The van der Waals surface area contributed by atoms with Crippen LogP contribution in [0.25, 0.3) is 0 Å². The molecule has 4 nitrogen and oxygen atoms in total. The Hall–Kier alpha value is -1.32. The van der Waals surface area contributed by atoms with Crippen molar-refractivity contribution in [3.63, 3.8) is 0 Å². The Morgan fingerprint density at radius 1 is 1.22 bits per heavy atom. The van der Waals surface area contributed by atoms with Crippen molar-refractivity contribution in [1.82, 2.24) is 9.97 Å². The molecule has 0 aliphatic heterocycles. The topological polar surface area (TPSA) is 63.8 Å². The largest absolute Gasteiger partial charge is 0.383 e. The van der Waals surface area contributed by atoms with Gasteiger partial charge in [0.25, 0.3) is 0 Å². The number of rotatable bonds is 8. The summed E-state index contributed by atoms with van der Waals surface area (Å²) in [5, 5.41) is 3.46. The number of nitrogens with zero attached hydrogens (tertiary/aromatic N) is 2. The predicted octanol–water partition coefficient (Wildman–Crippen LogP) is 3.39. The summed E-state index contributed by atoms with van der Waals surface area (Å²) in [6, 6.07) is 0.432. The lowest BCUT2D eigenvalue weighted by molar-refractivity contribution is 0.613. The zero-order chi connectivity index (χ0) is 13.4. The van der Waals surface area contributed by atoms with E-state index in [9.17, 15) is 0 Å². The first-order chi connectivity index (χ1) is 8.69. The molecule has 0 spiro atoms. The molecule has 0 saturated heterocycles. The molecule has 0 aliphatic carbocycles. The SMILES string of the molecule is CCCCCC(C)Nc1ncnc(N)c1CCC. The molecule has 0 radical (unpaired) electrons. The molecule has 0 aliphatic rings. The Morgan fingerprint density at radius 2 is 2.00 bits per heavy atom. The van der Waals surface area contributed by atoms with Gasteiger partial charge in [0.2, 0.25) is 0 Å². The molecular formula is C14H26N4. The highest BCUT2D eigenvalue weighted by atomic mass is 15.1. The van der Waals surface area contributed by atoms with E-state index in [0.717, 1.165) is 24.2 Å². The van der Waals surface area contributed by atoms with Gasteiger partial charge >= 0.3 is 0 Å². The summed E-state index contributed by atoms with van der Waals surface area (Å²) in [4.78, 5) is 8.39. The summed E-state index contributed by atoms with van der Waals surface area (Å²) in [6.07, 6.45) is 8.49. The first-order valence-corrected chi connectivity index (χ1v) is 7.04. The summed E-state index contributed by atoms with van der Waals surface area (Å²) >= 11 is 0. The average molecular weight is 250 g/mol. The van der Waals surface area contributed by atoms with E-state index in [1.807, 2.05) is 0 Å². The molecule has 1 unspecified atom stereocenters. The van der Waals surface area contributed by atoms with Gasteiger partial charge < -0.3 is 11.1 Å². The quantitative estimate of drug-likeness (QED) is 0.694. The summed E-state index contributed by atoms with van der Waals surface area (Å²) in [6.45, 7) is 6.56. The van der Waals surface area contributed by atoms with Gasteiger partial charge in [0.05, 0.1) is 0 Å². The summed E-state index contributed by atoms with van der Waals surface area (Å²) in [7, 11) is 0. The highest BCUT2D eigenvalue weighted by Crippen LogP contribution is 2.20. The smallest absolute Gasteiger partial charge is 0.134 e. The number of nitrogens with two attached hydrogens (primary N) is 1. The molecule has 0 bridgehead atoms. The zero-order valence-corrected chi connectivity index (χ0v) is 11.9. The summed E-state index contributed by atoms with van der Waals surface area (Å²) in [5.74, 6) is 1.52. The molecule has 1 aromatic heterocycles. The molecule has 0 fully saturated rings. The lowest BCUT2D eigenvalue weighted by Crippen LogP contribution is -2.18. The van der Waals surface area contributed by atoms with Crippen LogP contribution in [0, 0.1) is 0 Å². The van der Waals surface area contributed by atoms with Crippen LogP contribution < -0.4 is 11.1 Å². The second-order valence-electron chi connectivity index (χ2n) is 4.88. The van der Waals surface area contributed by atoms with Gasteiger partial charge in [-0.15, -0.1) is 0 Å². The van der Waals surface area contributed by atoms with E-state index in [0.29, 0.717) is 11.9 Å². The molecule has 102 valence electrons. The molecule has 1 aromatic rings. The summed E-state index contributed by atoms with van der Waals surface area (Å²) < 4.78 is 0. The highest BCUT2D eigenvalue weighted by Gasteiger charge is 2.10. The van der Waals surface area contributed by atoms with Crippen molar-refractivity contribution >= 4 is 11.6 Å². The minimum absolute atomic E-state index is 0.432. The normalized spacial score (nSPS) is 12.4. The maximum absolute atomic E-state index is 5.91. The number of anilines is 2. The highest BCUT2D eigenvalue weighted by molar-refractivity contribution is 5.55. The van der Waals surface area contributed by atoms with Crippen LogP contribution >= 0.6 is 0 Å². The number of unbranched alkanes of at least 4 members (excludes halogenated alkanes) is 2. The van der Waals surface area contributed by atoms with Crippen LogP contribution in [-0.2, 0) is 6.42 Å². The van der Waals surface area contributed by atoms with Crippen LogP contribution in [0.15, 0.2) is 6.33 Å². The van der Waals surface area contributed by atoms with Crippen molar-refractivity contribution in [1.29, 1.82) is 0 Å². The molecule has 3 N–H and O–H groups in total. The molecule has 0 aromatic carbocycles. The molecule has 4 heteroatoms. The fraction of sp³-hybridized carbons (Fsp3) is 0.714. The van der Waals surface area contributed by atoms with E-state index in [2.05, 4.69) is 36.1 Å². The van der Waals surface area contributed by atoms with E-state index in [1.165, 1.54) is 32.0 Å². The first kappa shape index (κ1) is 14.7. The average Bonchev–Trinajstić information content (AvgIpc) is 2.34. The second kappa shape index (κ2) is 7.90. The Bertz CT molecular complexity index is 352. The van der Waals surface area contributed by atoms with Crippen molar-refractivity contribution < 1.29 is 0 Å². The molecular weight excluding hydrogens is 224 g/mol. The Kier molecular flexibility index (Phi) is 6.47. The number of aromatic nitrogens is 2. The minimum Gasteiger partial charge on any atom is -0.383 e. The van der Waals surface area contributed by atoms with Crippen LogP contribution in [0.4, 0.5) is 11.6 Å². The van der Waals surface area contributed by atoms with E-state index >= 15 is 0 Å². The fourth-order valence-electron chi connectivity index (χ4n) is 2.05. The molecule has 0 saturated carbocycles. The van der Waals surface area contributed by atoms with Gasteiger partial charge in [-0.3, -0.25) is 0 Å². The van der Waals surface area contributed by atoms with Gasteiger partial charge in [-0.2, -0.15) is 0 Å². The lowest BCUT2D eigenvalue weighted by Gasteiger charge is -2.17. The van der Waals surface area contributed by atoms with Crippen LogP contribution in [-0.4, -0.2) is 16.0 Å². The van der Waals surface area contributed by atoms with E-state index in [1.54, 1.807) is 0 Å². The molecule has 18 heavy (non-hydrogen) atoms. The van der Waals surface area contributed by atoms with E-state index in [4.69, 9.17) is 5.73 Å². The van der Waals surface area contributed by atoms with Gasteiger partial charge in [-0.1, -0.05) is 39.5 Å². The van der Waals surface area contributed by atoms with Gasteiger partial charge in [0.1, 0.15) is 18.0 Å². The minimum atomic E-state index is 0.432. The van der Waals surface area contributed by atoms with Gasteiger partial charge in [0, 0.05) is 11.6 Å². The second-order valence-corrected chi connectivity index (χ2v) is 4.88. The van der Waals surface area contributed by atoms with Crippen LogP contribution in [0.5, 0.6) is 0 Å². The van der Waals surface area contributed by atoms with Crippen LogP contribution in [0.2, 0.25) is 0 Å². The lowest BCUT2D eigenvalue weighted by atomic mass is 10.1. The van der Waals surface area contributed by atoms with Gasteiger partial charge in [-0.05, 0) is 19.8 Å². The molecule has 1 heterocycles. The van der Waals surface area contributed by atoms with Crippen LogP contribution in [0.3, 0.4) is 0 Å². The molecule has 1 atom stereocenters. The number of hydrogen-bond acceptors (Lipinski definition) is 4. The predicted molar refractivity (Wildman–Crippen MR) is 77.7 cm³/mol. The van der Waals surface area contributed by atoms with Crippen molar-refractivity contribution in [2.24, 2.45) is 0 Å².